The van der Waals surface area contributed by atoms with Gasteiger partial charge in [0, 0.05) is 32.2 Å². The molecule has 0 aliphatic carbocycles. The van der Waals surface area contributed by atoms with E-state index in [0.717, 1.165) is 29.5 Å². The standard InChI is InChI=1S/C21H24N2O2/c1-2-10-23-20(24)21(8-12-25-13-9-21)15-17-5-3-6-18(14-17)19-7-4-11-22-16-19/h2-7,11,14,16H,1,8-10,12-13,15H2,(H,23,24). The average molecular weight is 336 g/mol. The van der Waals surface area contributed by atoms with Crippen molar-refractivity contribution in [3.8, 4) is 11.1 Å². The molecule has 1 fully saturated rings. The summed E-state index contributed by atoms with van der Waals surface area (Å²) in [6.45, 7) is 5.44. The zero-order chi connectivity index (χ0) is 17.5. The molecular weight excluding hydrogens is 312 g/mol. The molecule has 130 valence electrons. The van der Waals surface area contributed by atoms with Gasteiger partial charge in [0.25, 0.3) is 0 Å². The summed E-state index contributed by atoms with van der Waals surface area (Å²) in [6.07, 6.45) is 7.55. The van der Waals surface area contributed by atoms with Crippen molar-refractivity contribution in [3.63, 3.8) is 0 Å². The molecule has 2 aromatic rings. The molecule has 0 saturated carbocycles. The first kappa shape index (κ1) is 17.4. The van der Waals surface area contributed by atoms with Gasteiger partial charge in [-0.1, -0.05) is 36.4 Å². The molecule has 1 saturated heterocycles. The van der Waals surface area contributed by atoms with Crippen molar-refractivity contribution in [2.45, 2.75) is 19.3 Å². The topological polar surface area (TPSA) is 51.2 Å². The molecular formula is C21H24N2O2. The Morgan fingerprint density at radius 1 is 1.24 bits per heavy atom. The van der Waals surface area contributed by atoms with Gasteiger partial charge in [0.15, 0.2) is 0 Å². The first-order chi connectivity index (χ1) is 12.2. The summed E-state index contributed by atoms with van der Waals surface area (Å²) in [4.78, 5) is 17.0. The lowest BCUT2D eigenvalue weighted by molar-refractivity contribution is -0.136. The van der Waals surface area contributed by atoms with Crippen LogP contribution in [-0.4, -0.2) is 30.6 Å². The van der Waals surface area contributed by atoms with E-state index >= 15 is 0 Å². The highest BCUT2D eigenvalue weighted by Crippen LogP contribution is 2.35. The number of nitrogens with one attached hydrogen (secondary N) is 1. The summed E-state index contributed by atoms with van der Waals surface area (Å²) in [5, 5.41) is 2.99. The van der Waals surface area contributed by atoms with Gasteiger partial charge in [0.1, 0.15) is 0 Å². The molecule has 3 rings (SSSR count). The second-order valence-corrected chi connectivity index (χ2v) is 6.51. The number of carbonyl (C=O) groups excluding carboxylic acids is 1. The largest absolute Gasteiger partial charge is 0.381 e. The van der Waals surface area contributed by atoms with Gasteiger partial charge in [-0.15, -0.1) is 6.58 Å². The number of rotatable bonds is 6. The van der Waals surface area contributed by atoms with Crippen molar-refractivity contribution >= 4 is 5.91 Å². The van der Waals surface area contributed by atoms with Gasteiger partial charge >= 0.3 is 0 Å². The molecule has 1 amide bonds. The van der Waals surface area contributed by atoms with Crippen LogP contribution in [0.1, 0.15) is 18.4 Å². The lowest BCUT2D eigenvalue weighted by atomic mass is 9.74. The van der Waals surface area contributed by atoms with Crippen molar-refractivity contribution in [1.82, 2.24) is 10.3 Å². The number of nitrogens with zero attached hydrogens (tertiary/aromatic N) is 1. The van der Waals surface area contributed by atoms with E-state index in [0.29, 0.717) is 26.2 Å². The molecule has 1 aromatic heterocycles. The minimum absolute atomic E-state index is 0.0995. The molecule has 1 aliphatic heterocycles. The maximum absolute atomic E-state index is 12.8. The number of aromatic nitrogens is 1. The quantitative estimate of drug-likeness (QED) is 0.823. The van der Waals surface area contributed by atoms with Crippen LogP contribution >= 0.6 is 0 Å². The summed E-state index contributed by atoms with van der Waals surface area (Å²) < 4.78 is 5.50. The van der Waals surface area contributed by atoms with Gasteiger partial charge in [-0.25, -0.2) is 0 Å². The van der Waals surface area contributed by atoms with Crippen molar-refractivity contribution in [2.24, 2.45) is 5.41 Å². The molecule has 1 aliphatic rings. The predicted octanol–water partition coefficient (Wildman–Crippen LogP) is 3.39. The van der Waals surface area contributed by atoms with Crippen LogP contribution in [-0.2, 0) is 16.0 Å². The van der Waals surface area contributed by atoms with E-state index in [1.54, 1.807) is 12.3 Å². The van der Waals surface area contributed by atoms with Crippen LogP contribution in [0.15, 0.2) is 61.4 Å². The highest BCUT2D eigenvalue weighted by Gasteiger charge is 2.39. The fourth-order valence-electron chi connectivity index (χ4n) is 3.38. The van der Waals surface area contributed by atoms with Crippen LogP contribution < -0.4 is 5.32 Å². The number of hydrogen-bond donors (Lipinski definition) is 1. The normalized spacial score (nSPS) is 16.2. The Balaban J connectivity index is 1.84. The van der Waals surface area contributed by atoms with Crippen molar-refractivity contribution < 1.29 is 9.53 Å². The number of pyridine rings is 1. The summed E-state index contributed by atoms with van der Waals surface area (Å²) in [5.41, 5.74) is 2.97. The van der Waals surface area contributed by atoms with E-state index < -0.39 is 5.41 Å². The highest BCUT2D eigenvalue weighted by molar-refractivity contribution is 5.83. The Kier molecular flexibility index (Phi) is 5.61. The molecule has 1 aromatic carbocycles. The Bertz CT molecular complexity index is 722. The Labute approximate surface area is 148 Å². The Hall–Kier alpha value is -2.46. The molecule has 0 spiro atoms. The van der Waals surface area contributed by atoms with E-state index in [9.17, 15) is 4.79 Å². The Morgan fingerprint density at radius 3 is 2.76 bits per heavy atom. The third kappa shape index (κ3) is 4.15. The number of benzene rings is 1. The predicted molar refractivity (Wildman–Crippen MR) is 99.1 cm³/mol. The lowest BCUT2D eigenvalue weighted by Crippen LogP contribution is -2.46. The fraction of sp³-hybridized carbons (Fsp3) is 0.333. The van der Waals surface area contributed by atoms with E-state index in [1.165, 1.54) is 0 Å². The van der Waals surface area contributed by atoms with Gasteiger partial charge in [0.05, 0.1) is 5.41 Å². The minimum Gasteiger partial charge on any atom is -0.381 e. The van der Waals surface area contributed by atoms with E-state index in [4.69, 9.17) is 4.74 Å². The molecule has 1 N–H and O–H groups in total. The maximum atomic E-state index is 12.8. The van der Waals surface area contributed by atoms with Gasteiger partial charge in [-0.05, 0) is 42.0 Å². The first-order valence-electron chi connectivity index (χ1n) is 8.70. The van der Waals surface area contributed by atoms with Gasteiger partial charge in [0.2, 0.25) is 5.91 Å². The molecule has 25 heavy (non-hydrogen) atoms. The van der Waals surface area contributed by atoms with E-state index in [1.807, 2.05) is 24.4 Å². The average Bonchev–Trinajstić information content (AvgIpc) is 2.67. The monoisotopic (exact) mass is 336 g/mol. The van der Waals surface area contributed by atoms with Gasteiger partial charge < -0.3 is 10.1 Å². The van der Waals surface area contributed by atoms with Crippen LogP contribution in [0.5, 0.6) is 0 Å². The Morgan fingerprint density at radius 2 is 2.04 bits per heavy atom. The second-order valence-electron chi connectivity index (χ2n) is 6.51. The molecule has 0 bridgehead atoms. The summed E-state index contributed by atoms with van der Waals surface area (Å²) >= 11 is 0. The summed E-state index contributed by atoms with van der Waals surface area (Å²) in [5.74, 6) is 0.0995. The fourth-order valence-corrected chi connectivity index (χ4v) is 3.38. The number of carbonyl (C=O) groups is 1. The van der Waals surface area contributed by atoms with Crippen molar-refractivity contribution in [3.05, 3.63) is 67.0 Å². The molecule has 4 nitrogen and oxygen atoms in total. The van der Waals surface area contributed by atoms with Crippen LogP contribution in [0.3, 0.4) is 0 Å². The molecule has 0 atom stereocenters. The smallest absolute Gasteiger partial charge is 0.226 e. The number of ether oxygens (including phenoxy) is 1. The third-order valence-corrected chi connectivity index (χ3v) is 4.80. The first-order valence-corrected chi connectivity index (χ1v) is 8.70. The molecule has 2 heterocycles. The summed E-state index contributed by atoms with van der Waals surface area (Å²) in [6, 6.07) is 12.4. The van der Waals surface area contributed by atoms with Crippen LogP contribution in [0.25, 0.3) is 11.1 Å². The summed E-state index contributed by atoms with van der Waals surface area (Å²) in [7, 11) is 0. The third-order valence-electron chi connectivity index (χ3n) is 4.80. The highest BCUT2D eigenvalue weighted by atomic mass is 16.5. The number of amides is 1. The van der Waals surface area contributed by atoms with Crippen LogP contribution in [0.2, 0.25) is 0 Å². The molecule has 4 heteroatoms. The van der Waals surface area contributed by atoms with Gasteiger partial charge in [-0.3, -0.25) is 9.78 Å². The van der Waals surface area contributed by atoms with E-state index in [2.05, 4.69) is 35.1 Å². The van der Waals surface area contributed by atoms with Crippen molar-refractivity contribution in [1.29, 1.82) is 0 Å². The SMILES string of the molecule is C=CCNC(=O)C1(Cc2cccc(-c3cccnc3)c2)CCOCC1. The van der Waals surface area contributed by atoms with Crippen LogP contribution in [0, 0.1) is 5.41 Å². The maximum Gasteiger partial charge on any atom is 0.226 e. The van der Waals surface area contributed by atoms with Crippen LogP contribution in [0.4, 0.5) is 0 Å². The number of hydrogen-bond acceptors (Lipinski definition) is 3. The molecule has 0 radical (unpaired) electrons. The van der Waals surface area contributed by atoms with E-state index in [-0.39, 0.29) is 5.91 Å². The van der Waals surface area contributed by atoms with Gasteiger partial charge in [-0.2, -0.15) is 0 Å². The zero-order valence-corrected chi connectivity index (χ0v) is 14.4. The second kappa shape index (κ2) is 8.08. The van der Waals surface area contributed by atoms with Crippen molar-refractivity contribution in [2.75, 3.05) is 19.8 Å². The zero-order valence-electron chi connectivity index (χ0n) is 14.4. The molecule has 0 unspecified atom stereocenters. The lowest BCUT2D eigenvalue weighted by Gasteiger charge is -2.36. The minimum atomic E-state index is -0.408.